The van der Waals surface area contributed by atoms with Crippen LogP contribution in [0.5, 0.6) is 0 Å². The van der Waals surface area contributed by atoms with Crippen LogP contribution < -0.4 is 5.32 Å². The fraction of sp³-hybridized carbons (Fsp3) is 0.571. The second kappa shape index (κ2) is 8.52. The maximum absolute atomic E-state index is 12.9. The maximum atomic E-state index is 12.9. The van der Waals surface area contributed by atoms with E-state index in [1.54, 1.807) is 12.1 Å². The van der Waals surface area contributed by atoms with E-state index in [4.69, 9.17) is 0 Å². The Bertz CT molecular complexity index is 378. The summed E-state index contributed by atoms with van der Waals surface area (Å²) in [6.45, 7) is 3.46. The van der Waals surface area contributed by atoms with E-state index in [1.165, 1.54) is 12.1 Å². The average Bonchev–Trinajstić information content (AvgIpc) is 2.37. The Hall–Kier alpha value is -0.750. The van der Waals surface area contributed by atoms with Gasteiger partial charge in [0, 0.05) is 12.3 Å². The third-order valence-corrected chi connectivity index (χ3v) is 3.66. The molecule has 0 fully saturated rings. The third kappa shape index (κ3) is 7.14. The van der Waals surface area contributed by atoms with Crippen LogP contribution in [0.4, 0.5) is 17.6 Å². The van der Waals surface area contributed by atoms with Crippen molar-refractivity contribution in [3.05, 3.63) is 35.6 Å². The first kappa shape index (κ1) is 17.3. The summed E-state index contributed by atoms with van der Waals surface area (Å²) in [5.74, 6) is -0.352. The van der Waals surface area contributed by atoms with E-state index in [-0.39, 0.29) is 29.2 Å². The van der Waals surface area contributed by atoms with E-state index in [1.807, 2.05) is 6.92 Å². The molecule has 1 atom stereocenters. The molecule has 114 valence electrons. The lowest BCUT2D eigenvalue weighted by atomic mass is 9.96. The van der Waals surface area contributed by atoms with Gasteiger partial charge in [-0.05, 0) is 43.0 Å². The molecule has 0 saturated heterocycles. The molecular weight excluding hydrogens is 290 g/mol. The van der Waals surface area contributed by atoms with Gasteiger partial charge in [0.05, 0.1) is 0 Å². The molecule has 1 nitrogen and oxygen atoms in total. The molecule has 1 aromatic carbocycles. The largest absolute Gasteiger partial charge is 0.441 e. The number of benzene rings is 1. The number of thioether (sulfide) groups is 1. The van der Waals surface area contributed by atoms with Crippen molar-refractivity contribution >= 4 is 11.8 Å². The fourth-order valence-electron chi connectivity index (χ4n) is 1.89. The normalized spacial score (nSPS) is 13.4. The molecule has 0 aliphatic heterocycles. The number of halogens is 4. The first-order valence-corrected chi connectivity index (χ1v) is 7.58. The zero-order valence-electron chi connectivity index (χ0n) is 11.3. The summed E-state index contributed by atoms with van der Waals surface area (Å²) < 4.78 is 49.4. The van der Waals surface area contributed by atoms with E-state index in [0.29, 0.717) is 13.0 Å². The van der Waals surface area contributed by atoms with Crippen molar-refractivity contribution < 1.29 is 17.6 Å². The van der Waals surface area contributed by atoms with Crippen molar-refractivity contribution in [2.75, 3.05) is 18.8 Å². The lowest BCUT2D eigenvalue weighted by Gasteiger charge is -2.18. The second-order valence-electron chi connectivity index (χ2n) is 4.54. The van der Waals surface area contributed by atoms with Crippen LogP contribution >= 0.6 is 11.8 Å². The van der Waals surface area contributed by atoms with Crippen LogP contribution in [0.25, 0.3) is 0 Å². The summed E-state index contributed by atoms with van der Waals surface area (Å²) in [7, 11) is 0. The highest BCUT2D eigenvalue weighted by Gasteiger charge is 2.28. The molecule has 1 aromatic rings. The molecule has 0 saturated carbocycles. The van der Waals surface area contributed by atoms with Crippen LogP contribution in [0, 0.1) is 5.82 Å². The molecule has 0 heterocycles. The third-order valence-electron chi connectivity index (χ3n) is 2.89. The Labute approximate surface area is 121 Å². The van der Waals surface area contributed by atoms with Gasteiger partial charge in [0.1, 0.15) is 5.82 Å². The zero-order valence-corrected chi connectivity index (χ0v) is 12.2. The monoisotopic (exact) mass is 309 g/mol. The predicted octanol–water partition coefficient (Wildman–Crippen LogP) is 4.55. The van der Waals surface area contributed by atoms with Gasteiger partial charge in [-0.2, -0.15) is 13.2 Å². The van der Waals surface area contributed by atoms with Crippen LogP contribution in [0.2, 0.25) is 0 Å². The van der Waals surface area contributed by atoms with E-state index in [2.05, 4.69) is 5.32 Å². The van der Waals surface area contributed by atoms with E-state index in [9.17, 15) is 17.6 Å². The molecule has 0 bridgehead atoms. The quantitative estimate of drug-likeness (QED) is 0.558. The van der Waals surface area contributed by atoms with Crippen molar-refractivity contribution in [1.29, 1.82) is 0 Å². The van der Waals surface area contributed by atoms with Gasteiger partial charge >= 0.3 is 5.51 Å². The number of nitrogens with one attached hydrogen (secondary N) is 1. The van der Waals surface area contributed by atoms with Crippen LogP contribution in [-0.2, 0) is 0 Å². The van der Waals surface area contributed by atoms with E-state index >= 15 is 0 Å². The smallest absolute Gasteiger partial charge is 0.316 e. The van der Waals surface area contributed by atoms with Gasteiger partial charge in [0.2, 0.25) is 0 Å². The maximum Gasteiger partial charge on any atom is 0.441 e. The number of rotatable bonds is 8. The minimum absolute atomic E-state index is 0.00292. The van der Waals surface area contributed by atoms with Crippen molar-refractivity contribution in [2.24, 2.45) is 0 Å². The van der Waals surface area contributed by atoms with Gasteiger partial charge in [-0.1, -0.05) is 30.8 Å². The fourth-order valence-corrected chi connectivity index (χ4v) is 2.53. The first-order valence-electron chi connectivity index (χ1n) is 6.59. The lowest BCUT2D eigenvalue weighted by Crippen LogP contribution is -2.23. The van der Waals surface area contributed by atoms with Crippen molar-refractivity contribution in [3.8, 4) is 0 Å². The van der Waals surface area contributed by atoms with E-state index in [0.717, 1.165) is 18.5 Å². The molecule has 1 rings (SSSR count). The highest BCUT2D eigenvalue weighted by atomic mass is 32.2. The Balaban J connectivity index is 2.57. The molecular formula is C14H19F4NS. The molecule has 0 spiro atoms. The standard InChI is InChI=1S/C14H19F4NS/c1-2-8-19-10-12(7-9-20-14(16,17)18)11-3-5-13(15)6-4-11/h3-6,12,19H,2,7-10H2,1H3. The van der Waals surface area contributed by atoms with Gasteiger partial charge in [-0.25, -0.2) is 4.39 Å². The van der Waals surface area contributed by atoms with Crippen molar-refractivity contribution in [1.82, 2.24) is 5.32 Å². The molecule has 20 heavy (non-hydrogen) atoms. The summed E-state index contributed by atoms with van der Waals surface area (Å²) >= 11 is -0.00292. The van der Waals surface area contributed by atoms with Crippen LogP contribution in [-0.4, -0.2) is 24.4 Å². The first-order chi connectivity index (χ1) is 9.42. The summed E-state index contributed by atoms with van der Waals surface area (Å²) in [6.07, 6.45) is 1.37. The zero-order chi connectivity index (χ0) is 15.0. The molecule has 0 aromatic heterocycles. The minimum Gasteiger partial charge on any atom is -0.316 e. The lowest BCUT2D eigenvalue weighted by molar-refractivity contribution is -0.0328. The summed E-state index contributed by atoms with van der Waals surface area (Å²) in [5.41, 5.74) is -3.32. The molecule has 0 radical (unpaired) electrons. The minimum atomic E-state index is -4.19. The number of alkyl halides is 3. The Morgan fingerprint density at radius 2 is 1.85 bits per heavy atom. The topological polar surface area (TPSA) is 12.0 Å². The molecule has 0 amide bonds. The van der Waals surface area contributed by atoms with Crippen LogP contribution in [0.15, 0.2) is 24.3 Å². The van der Waals surface area contributed by atoms with Gasteiger partial charge in [-0.15, -0.1) is 0 Å². The van der Waals surface area contributed by atoms with Gasteiger partial charge in [-0.3, -0.25) is 0 Å². The number of hydrogen-bond acceptors (Lipinski definition) is 2. The SMILES string of the molecule is CCCNCC(CCSC(F)(F)F)c1ccc(F)cc1. The highest BCUT2D eigenvalue weighted by Crippen LogP contribution is 2.32. The Morgan fingerprint density at radius 1 is 1.20 bits per heavy atom. The summed E-state index contributed by atoms with van der Waals surface area (Å²) in [5, 5.41) is 3.21. The van der Waals surface area contributed by atoms with E-state index < -0.39 is 5.51 Å². The molecule has 0 aliphatic rings. The number of hydrogen-bond donors (Lipinski definition) is 1. The summed E-state index contributed by atoms with van der Waals surface area (Å²) in [4.78, 5) is 0. The Kier molecular flexibility index (Phi) is 7.37. The average molecular weight is 309 g/mol. The van der Waals surface area contributed by atoms with Crippen LogP contribution in [0.3, 0.4) is 0 Å². The second-order valence-corrected chi connectivity index (χ2v) is 5.70. The van der Waals surface area contributed by atoms with Crippen molar-refractivity contribution in [3.63, 3.8) is 0 Å². The molecule has 1 N–H and O–H groups in total. The van der Waals surface area contributed by atoms with Gasteiger partial charge < -0.3 is 5.32 Å². The predicted molar refractivity (Wildman–Crippen MR) is 75.4 cm³/mol. The highest BCUT2D eigenvalue weighted by molar-refractivity contribution is 8.00. The Morgan fingerprint density at radius 3 is 2.40 bits per heavy atom. The van der Waals surface area contributed by atoms with Gasteiger partial charge in [0.25, 0.3) is 0 Å². The molecule has 0 aliphatic carbocycles. The summed E-state index contributed by atoms with van der Waals surface area (Å²) in [6, 6.07) is 5.98. The van der Waals surface area contributed by atoms with Crippen LogP contribution in [0.1, 0.15) is 31.2 Å². The van der Waals surface area contributed by atoms with Gasteiger partial charge in [0.15, 0.2) is 0 Å². The molecule has 6 heteroatoms. The molecule has 1 unspecified atom stereocenters. The van der Waals surface area contributed by atoms with Crippen molar-refractivity contribution in [2.45, 2.75) is 31.2 Å².